The molecule has 0 saturated carbocycles. The summed E-state index contributed by atoms with van der Waals surface area (Å²) >= 11 is 0. The van der Waals surface area contributed by atoms with Gasteiger partial charge in [0.2, 0.25) is 0 Å². The maximum Gasteiger partial charge on any atom is 0.511 e. The first-order valence-electron chi connectivity index (χ1n) is 3.82. The summed E-state index contributed by atoms with van der Waals surface area (Å²) in [6, 6.07) is 0. The maximum absolute atomic E-state index is 11.9. The molecule has 11 heteroatoms. The molecular weight excluding hydrogens is 253 g/mol. The van der Waals surface area contributed by atoms with E-state index in [0.717, 1.165) is 10.9 Å². The zero-order valence-corrected chi connectivity index (χ0v) is 8.46. The Morgan fingerprint density at radius 2 is 2.12 bits per heavy atom. The van der Waals surface area contributed by atoms with Crippen LogP contribution in [0.4, 0.5) is 13.2 Å². The molecule has 1 heterocycles. The fourth-order valence-corrected chi connectivity index (χ4v) is 1.24. The number of hydrogen-bond acceptors (Lipinski definition) is 5. The van der Waals surface area contributed by atoms with Crippen molar-refractivity contribution in [2.45, 2.75) is 18.8 Å². The van der Waals surface area contributed by atoms with E-state index in [1.807, 2.05) is 0 Å². The number of sulfonamides is 1. The fraction of sp³-hybridized carbons (Fsp3) is 0.600. The van der Waals surface area contributed by atoms with Crippen LogP contribution >= 0.6 is 0 Å². The summed E-state index contributed by atoms with van der Waals surface area (Å²) in [5.74, 6) is 0. The molecule has 0 bridgehead atoms. The Hall–Kier alpha value is -1.20. The Bertz CT molecular complexity index is 454. The molecule has 0 amide bonds. The van der Waals surface area contributed by atoms with E-state index in [2.05, 4.69) is 10.3 Å². The second-order valence-electron chi connectivity index (χ2n) is 2.66. The lowest BCUT2D eigenvalue weighted by Crippen LogP contribution is -2.36. The maximum atomic E-state index is 11.9. The van der Waals surface area contributed by atoms with E-state index < -0.39 is 28.8 Å². The van der Waals surface area contributed by atoms with E-state index in [1.165, 1.54) is 4.72 Å². The molecule has 16 heavy (non-hydrogen) atoms. The zero-order valence-electron chi connectivity index (χ0n) is 7.64. The standard InChI is InChI=1S/C5H7F3N4O3S/c6-5(7,8)16(14,15)9-1-4-2-12(3-13)11-10-4/h2,9,13H,1,3H2. The Balaban J connectivity index is 2.65. The van der Waals surface area contributed by atoms with Crippen LogP contribution in [0.5, 0.6) is 0 Å². The summed E-state index contributed by atoms with van der Waals surface area (Å²) in [5, 5.41) is 15.2. The van der Waals surface area contributed by atoms with Gasteiger partial charge in [-0.25, -0.2) is 17.8 Å². The quantitative estimate of drug-likeness (QED) is 0.736. The summed E-state index contributed by atoms with van der Waals surface area (Å²) in [6.07, 6.45) is 1.11. The van der Waals surface area contributed by atoms with Gasteiger partial charge in [-0.2, -0.15) is 13.2 Å². The SMILES string of the molecule is O=S(=O)(NCc1cn(CO)nn1)C(F)(F)F. The predicted molar refractivity (Wildman–Crippen MR) is 44.1 cm³/mol. The number of aliphatic hydroxyl groups is 1. The molecular formula is C5H7F3N4O3S. The van der Waals surface area contributed by atoms with Crippen molar-refractivity contribution in [1.82, 2.24) is 19.7 Å². The third-order valence-corrected chi connectivity index (χ3v) is 2.61. The van der Waals surface area contributed by atoms with E-state index in [-0.39, 0.29) is 5.69 Å². The molecule has 2 N–H and O–H groups in total. The van der Waals surface area contributed by atoms with Crippen molar-refractivity contribution in [1.29, 1.82) is 0 Å². The third kappa shape index (κ3) is 2.90. The normalized spacial score (nSPS) is 13.0. The van der Waals surface area contributed by atoms with Crippen molar-refractivity contribution >= 4 is 10.0 Å². The molecule has 0 atom stereocenters. The monoisotopic (exact) mass is 260 g/mol. The number of aromatic nitrogens is 3. The van der Waals surface area contributed by atoms with Crippen molar-refractivity contribution in [3.8, 4) is 0 Å². The third-order valence-electron chi connectivity index (χ3n) is 1.48. The lowest BCUT2D eigenvalue weighted by molar-refractivity contribution is -0.0448. The van der Waals surface area contributed by atoms with Crippen LogP contribution < -0.4 is 4.72 Å². The van der Waals surface area contributed by atoms with Crippen molar-refractivity contribution in [3.63, 3.8) is 0 Å². The van der Waals surface area contributed by atoms with E-state index in [0.29, 0.717) is 0 Å². The lowest BCUT2D eigenvalue weighted by atomic mass is 10.5. The summed E-state index contributed by atoms with van der Waals surface area (Å²) in [5.41, 5.74) is -5.40. The smallest absolute Gasteiger partial charge is 0.374 e. The van der Waals surface area contributed by atoms with Gasteiger partial charge in [0, 0.05) is 0 Å². The molecule has 0 saturated heterocycles. The second-order valence-corrected chi connectivity index (χ2v) is 4.42. The molecule has 0 spiro atoms. The molecule has 92 valence electrons. The van der Waals surface area contributed by atoms with Crippen molar-refractivity contribution in [2.24, 2.45) is 0 Å². The summed E-state index contributed by atoms with van der Waals surface area (Å²) in [7, 11) is -5.38. The first-order chi connectivity index (χ1) is 7.26. The highest BCUT2D eigenvalue weighted by molar-refractivity contribution is 7.90. The van der Waals surface area contributed by atoms with Gasteiger partial charge in [-0.1, -0.05) is 5.21 Å². The van der Waals surface area contributed by atoms with Crippen LogP contribution in [-0.2, 0) is 23.3 Å². The zero-order chi connectivity index (χ0) is 12.4. The van der Waals surface area contributed by atoms with E-state index in [4.69, 9.17) is 5.11 Å². The van der Waals surface area contributed by atoms with Gasteiger partial charge in [-0.15, -0.1) is 5.10 Å². The van der Waals surface area contributed by atoms with E-state index in [9.17, 15) is 21.6 Å². The average Bonchev–Trinajstić information content (AvgIpc) is 2.60. The van der Waals surface area contributed by atoms with Gasteiger partial charge < -0.3 is 5.11 Å². The highest BCUT2D eigenvalue weighted by atomic mass is 32.2. The van der Waals surface area contributed by atoms with Crippen LogP contribution in [0.3, 0.4) is 0 Å². The molecule has 0 radical (unpaired) electrons. The van der Waals surface area contributed by atoms with Crippen LogP contribution in [0.15, 0.2) is 6.20 Å². The second kappa shape index (κ2) is 4.35. The molecule has 0 aliphatic carbocycles. The average molecular weight is 260 g/mol. The van der Waals surface area contributed by atoms with Gasteiger partial charge >= 0.3 is 15.5 Å². The largest absolute Gasteiger partial charge is 0.511 e. The van der Waals surface area contributed by atoms with Crippen LogP contribution in [0.25, 0.3) is 0 Å². The summed E-state index contributed by atoms with van der Waals surface area (Å²) in [4.78, 5) is 0. The number of hydrogen-bond donors (Lipinski definition) is 2. The van der Waals surface area contributed by atoms with Crippen LogP contribution in [0.2, 0.25) is 0 Å². The summed E-state index contributed by atoms with van der Waals surface area (Å²) in [6.45, 7) is -1.15. The van der Waals surface area contributed by atoms with Gasteiger partial charge in [0.1, 0.15) is 6.73 Å². The van der Waals surface area contributed by atoms with Crippen LogP contribution in [0, 0.1) is 0 Å². The van der Waals surface area contributed by atoms with Gasteiger partial charge in [0.25, 0.3) is 0 Å². The van der Waals surface area contributed by atoms with Gasteiger partial charge in [-0.3, -0.25) is 0 Å². The summed E-state index contributed by atoms with van der Waals surface area (Å²) < 4.78 is 59.0. The van der Waals surface area contributed by atoms with Crippen LogP contribution in [0.1, 0.15) is 5.69 Å². The molecule has 0 unspecified atom stereocenters. The number of rotatable bonds is 4. The molecule has 0 aliphatic heterocycles. The Labute approximate surface area is 87.9 Å². The highest BCUT2D eigenvalue weighted by Crippen LogP contribution is 2.21. The molecule has 1 rings (SSSR count). The Morgan fingerprint density at radius 1 is 1.50 bits per heavy atom. The first kappa shape index (κ1) is 12.9. The number of halogens is 3. The Morgan fingerprint density at radius 3 is 2.56 bits per heavy atom. The highest BCUT2D eigenvalue weighted by Gasteiger charge is 2.45. The van der Waals surface area contributed by atoms with Gasteiger partial charge in [-0.05, 0) is 0 Å². The van der Waals surface area contributed by atoms with Crippen molar-refractivity contribution in [2.75, 3.05) is 0 Å². The molecule has 7 nitrogen and oxygen atoms in total. The number of nitrogens with zero attached hydrogens (tertiary/aromatic N) is 3. The molecule has 1 aromatic heterocycles. The predicted octanol–water partition coefficient (Wildman–Crippen LogP) is -0.833. The van der Waals surface area contributed by atoms with Gasteiger partial charge in [0.15, 0.2) is 0 Å². The molecule has 0 aromatic carbocycles. The minimum absolute atomic E-state index is 0.0399. The van der Waals surface area contributed by atoms with E-state index >= 15 is 0 Å². The van der Waals surface area contributed by atoms with Gasteiger partial charge in [0.05, 0.1) is 18.4 Å². The number of nitrogens with one attached hydrogen (secondary N) is 1. The molecule has 1 aromatic rings. The van der Waals surface area contributed by atoms with E-state index in [1.54, 1.807) is 0 Å². The van der Waals surface area contributed by atoms with Crippen LogP contribution in [-0.4, -0.2) is 34.0 Å². The molecule has 0 fully saturated rings. The van der Waals surface area contributed by atoms with Crippen molar-refractivity contribution in [3.05, 3.63) is 11.9 Å². The topological polar surface area (TPSA) is 97.1 Å². The Kier molecular flexibility index (Phi) is 3.50. The first-order valence-corrected chi connectivity index (χ1v) is 5.30. The lowest BCUT2D eigenvalue weighted by Gasteiger charge is -2.07. The number of aliphatic hydroxyl groups excluding tert-OH is 1. The minimum atomic E-state index is -5.38. The fourth-order valence-electron chi connectivity index (χ4n) is 0.739. The number of alkyl halides is 3. The van der Waals surface area contributed by atoms with Crippen molar-refractivity contribution < 1.29 is 26.7 Å². The minimum Gasteiger partial charge on any atom is -0.374 e. The molecule has 0 aliphatic rings.